The summed E-state index contributed by atoms with van der Waals surface area (Å²) >= 11 is 0. The average molecular weight is 495 g/mol. The normalized spacial score (nSPS) is 15.6. The highest BCUT2D eigenvalue weighted by molar-refractivity contribution is 7.89. The third-order valence-corrected chi connectivity index (χ3v) is 8.28. The van der Waals surface area contributed by atoms with Crippen LogP contribution in [0.4, 0.5) is 0 Å². The molecule has 8 heteroatoms. The zero-order chi connectivity index (χ0) is 25.3. The molecule has 4 rings (SSSR count). The van der Waals surface area contributed by atoms with Gasteiger partial charge in [0.15, 0.2) is 11.5 Å². The number of ether oxygens (including phenoxy) is 2. The first-order valence-electron chi connectivity index (χ1n) is 11.3. The molecular weight excluding hydrogens is 464 g/mol. The van der Waals surface area contributed by atoms with E-state index in [0.717, 1.165) is 26.6 Å². The number of benzene rings is 3. The molecule has 184 valence electrons. The summed E-state index contributed by atoms with van der Waals surface area (Å²) in [4.78, 5) is 15.9. The van der Waals surface area contributed by atoms with Crippen molar-refractivity contribution < 1.29 is 22.7 Å². The van der Waals surface area contributed by atoms with E-state index >= 15 is 0 Å². The van der Waals surface area contributed by atoms with Crippen molar-refractivity contribution >= 4 is 15.9 Å². The fraction of sp³-hybridized carbons (Fsp3) is 0.296. The highest BCUT2D eigenvalue weighted by Gasteiger charge is 2.34. The van der Waals surface area contributed by atoms with Gasteiger partial charge >= 0.3 is 0 Å². The van der Waals surface area contributed by atoms with Gasteiger partial charge in [0.2, 0.25) is 10.0 Å². The van der Waals surface area contributed by atoms with E-state index in [1.165, 1.54) is 20.2 Å². The molecular formula is C27H30N2O5S. The molecule has 1 heterocycles. The van der Waals surface area contributed by atoms with Crippen LogP contribution in [-0.2, 0) is 16.4 Å². The Morgan fingerprint density at radius 3 is 2.26 bits per heavy atom. The van der Waals surface area contributed by atoms with E-state index in [0.29, 0.717) is 30.0 Å². The summed E-state index contributed by atoms with van der Waals surface area (Å²) in [6, 6.07) is 18.1. The lowest BCUT2D eigenvalue weighted by Gasteiger charge is -2.38. The monoisotopic (exact) mass is 494 g/mol. The molecule has 3 aromatic rings. The predicted molar refractivity (Wildman–Crippen MR) is 135 cm³/mol. The van der Waals surface area contributed by atoms with Crippen molar-refractivity contribution in [2.24, 2.45) is 0 Å². The number of aryl methyl sites for hydroxylation is 1. The first-order chi connectivity index (χ1) is 16.7. The lowest BCUT2D eigenvalue weighted by molar-refractivity contribution is 0.0693. The second kappa shape index (κ2) is 9.71. The van der Waals surface area contributed by atoms with Gasteiger partial charge in [-0.15, -0.1) is 0 Å². The number of carbonyl (C=O) groups is 1. The van der Waals surface area contributed by atoms with Gasteiger partial charge in [0.1, 0.15) is 0 Å². The molecule has 0 radical (unpaired) electrons. The summed E-state index contributed by atoms with van der Waals surface area (Å²) in [6.07, 6.45) is 0.638. The molecule has 35 heavy (non-hydrogen) atoms. The zero-order valence-electron chi connectivity index (χ0n) is 20.6. The number of methoxy groups -OCH3 is 2. The molecule has 1 atom stereocenters. The number of hydrogen-bond acceptors (Lipinski definition) is 5. The van der Waals surface area contributed by atoms with Gasteiger partial charge in [-0.05, 0) is 59.9 Å². The Bertz CT molecular complexity index is 1350. The molecule has 0 bridgehead atoms. The highest BCUT2D eigenvalue weighted by Crippen LogP contribution is 2.41. The summed E-state index contributed by atoms with van der Waals surface area (Å²) in [5.74, 6) is 1.03. The molecule has 1 aliphatic heterocycles. The van der Waals surface area contributed by atoms with Crippen LogP contribution in [0.3, 0.4) is 0 Å². The fourth-order valence-corrected chi connectivity index (χ4v) is 5.45. The number of rotatable bonds is 6. The predicted octanol–water partition coefficient (Wildman–Crippen LogP) is 4.05. The SMILES string of the molecule is COc1cc2c(cc1OC)C(c1ccccc1)N(C(=O)c1cc(S(=O)(=O)N(C)C)ccc1C)CC2. The minimum atomic E-state index is -3.68. The summed E-state index contributed by atoms with van der Waals surface area (Å²) in [7, 11) is 2.47. The van der Waals surface area contributed by atoms with Gasteiger partial charge in [0, 0.05) is 26.2 Å². The van der Waals surface area contributed by atoms with Gasteiger partial charge < -0.3 is 14.4 Å². The molecule has 1 amide bonds. The van der Waals surface area contributed by atoms with E-state index in [1.54, 1.807) is 26.4 Å². The number of amides is 1. The highest BCUT2D eigenvalue weighted by atomic mass is 32.2. The zero-order valence-corrected chi connectivity index (χ0v) is 21.4. The number of nitrogens with zero attached hydrogens (tertiary/aromatic N) is 2. The standard InChI is InChI=1S/C27H30N2O5S/c1-18-11-12-21(35(31,32)28(2)3)16-22(18)27(30)29-14-13-20-15-24(33-4)25(34-5)17-23(20)26(29)19-9-7-6-8-10-19/h6-12,15-17,26H,13-14H2,1-5H3. The van der Waals surface area contributed by atoms with E-state index in [9.17, 15) is 13.2 Å². The first-order valence-corrected chi connectivity index (χ1v) is 12.8. The van der Waals surface area contributed by atoms with Gasteiger partial charge in [-0.25, -0.2) is 12.7 Å². The van der Waals surface area contributed by atoms with Crippen LogP contribution in [0, 0.1) is 6.92 Å². The van der Waals surface area contributed by atoms with Crippen molar-refractivity contribution in [3.63, 3.8) is 0 Å². The minimum Gasteiger partial charge on any atom is -0.493 e. The van der Waals surface area contributed by atoms with Crippen molar-refractivity contribution in [2.75, 3.05) is 34.9 Å². The van der Waals surface area contributed by atoms with E-state index in [2.05, 4.69) is 0 Å². The Labute approximate surface area is 206 Å². The lowest BCUT2D eigenvalue weighted by Crippen LogP contribution is -2.41. The maximum atomic E-state index is 14.0. The molecule has 0 saturated heterocycles. The Morgan fingerprint density at radius 2 is 1.63 bits per heavy atom. The van der Waals surface area contributed by atoms with Crippen LogP contribution in [0.2, 0.25) is 0 Å². The largest absolute Gasteiger partial charge is 0.493 e. The molecule has 0 spiro atoms. The van der Waals surface area contributed by atoms with E-state index in [4.69, 9.17) is 9.47 Å². The second-order valence-electron chi connectivity index (χ2n) is 8.73. The smallest absolute Gasteiger partial charge is 0.254 e. The van der Waals surface area contributed by atoms with Crippen molar-refractivity contribution in [3.05, 3.63) is 88.5 Å². The van der Waals surface area contributed by atoms with Crippen molar-refractivity contribution in [3.8, 4) is 11.5 Å². The van der Waals surface area contributed by atoms with Crippen molar-refractivity contribution in [1.82, 2.24) is 9.21 Å². The van der Waals surface area contributed by atoms with Crippen molar-refractivity contribution in [2.45, 2.75) is 24.3 Å². The summed E-state index contributed by atoms with van der Waals surface area (Å²) in [5, 5.41) is 0. The topological polar surface area (TPSA) is 76.1 Å². The van der Waals surface area contributed by atoms with E-state index < -0.39 is 10.0 Å². The van der Waals surface area contributed by atoms with Crippen molar-refractivity contribution in [1.29, 1.82) is 0 Å². The average Bonchev–Trinajstić information content (AvgIpc) is 2.87. The summed E-state index contributed by atoms with van der Waals surface area (Å²) < 4.78 is 37.7. The number of hydrogen-bond donors (Lipinski definition) is 0. The summed E-state index contributed by atoms with van der Waals surface area (Å²) in [5.41, 5.74) is 4.10. The fourth-order valence-electron chi connectivity index (χ4n) is 4.52. The van der Waals surface area contributed by atoms with Crippen LogP contribution in [0.15, 0.2) is 65.6 Å². The Balaban J connectivity index is 1.85. The third-order valence-electron chi connectivity index (χ3n) is 6.47. The maximum absolute atomic E-state index is 14.0. The lowest BCUT2D eigenvalue weighted by atomic mass is 9.87. The Kier molecular flexibility index (Phi) is 6.87. The molecule has 0 N–H and O–H groups in total. The van der Waals surface area contributed by atoms with Crippen LogP contribution >= 0.6 is 0 Å². The van der Waals surface area contributed by atoms with Crippen LogP contribution < -0.4 is 9.47 Å². The molecule has 0 saturated carbocycles. The van der Waals surface area contributed by atoms with E-state index in [1.807, 2.05) is 54.3 Å². The Hall–Kier alpha value is -3.36. The van der Waals surface area contributed by atoms with Crippen LogP contribution in [0.5, 0.6) is 11.5 Å². The van der Waals surface area contributed by atoms with Gasteiger partial charge in [-0.3, -0.25) is 4.79 Å². The van der Waals surface area contributed by atoms with Crippen LogP contribution in [-0.4, -0.2) is 58.4 Å². The molecule has 1 aliphatic rings. The second-order valence-corrected chi connectivity index (χ2v) is 10.9. The maximum Gasteiger partial charge on any atom is 0.254 e. The first kappa shape index (κ1) is 24.8. The quantitative estimate of drug-likeness (QED) is 0.517. The molecule has 0 aromatic heterocycles. The number of sulfonamides is 1. The van der Waals surface area contributed by atoms with Gasteiger partial charge in [0.05, 0.1) is 25.2 Å². The van der Waals surface area contributed by atoms with Crippen LogP contribution in [0.1, 0.15) is 38.7 Å². The molecule has 1 unspecified atom stereocenters. The van der Waals surface area contributed by atoms with Crippen LogP contribution in [0.25, 0.3) is 0 Å². The minimum absolute atomic E-state index is 0.0940. The van der Waals surface area contributed by atoms with E-state index in [-0.39, 0.29) is 16.8 Å². The number of carbonyl (C=O) groups excluding carboxylic acids is 1. The molecule has 0 aliphatic carbocycles. The van der Waals surface area contributed by atoms with Gasteiger partial charge in [-0.1, -0.05) is 36.4 Å². The molecule has 0 fully saturated rings. The van der Waals surface area contributed by atoms with Gasteiger partial charge in [0.25, 0.3) is 5.91 Å². The Morgan fingerprint density at radius 1 is 0.971 bits per heavy atom. The van der Waals surface area contributed by atoms with Gasteiger partial charge in [-0.2, -0.15) is 0 Å². The summed E-state index contributed by atoms with van der Waals surface area (Å²) in [6.45, 7) is 2.30. The molecule has 3 aromatic carbocycles. The molecule has 7 nitrogen and oxygen atoms in total. The third kappa shape index (κ3) is 4.51. The number of fused-ring (bicyclic) bond motifs is 1.